The van der Waals surface area contributed by atoms with Crippen molar-refractivity contribution in [1.29, 1.82) is 0 Å². The van der Waals surface area contributed by atoms with Gasteiger partial charge in [0.25, 0.3) is 5.91 Å². The maximum Gasteiger partial charge on any atom is 0.255 e. The molecule has 1 N–H and O–H groups in total. The van der Waals surface area contributed by atoms with Crippen LogP contribution in [0.1, 0.15) is 42.1 Å². The predicted molar refractivity (Wildman–Crippen MR) is 55.4 cm³/mol. The van der Waals surface area contributed by atoms with Crippen LogP contribution in [0, 0.1) is 13.8 Å². The Kier molecular flexibility index (Phi) is 3.33. The van der Waals surface area contributed by atoms with Crippen molar-refractivity contribution in [3.63, 3.8) is 0 Å². The smallest absolute Gasteiger partial charge is 0.255 e. The van der Waals surface area contributed by atoms with E-state index in [0.29, 0.717) is 11.3 Å². The number of aryl methyl sites for hydroxylation is 2. The van der Waals surface area contributed by atoms with E-state index in [9.17, 15) is 4.79 Å². The number of hydrogen-bond donors (Lipinski definition) is 1. The standard InChI is InChI=1S/C11H17NO2/c1-5-7(2)12-11(13)10-6-8(3)14-9(10)4/h6-7H,5H2,1-4H3,(H,12,13). The van der Waals surface area contributed by atoms with Gasteiger partial charge >= 0.3 is 0 Å². The molecule has 1 unspecified atom stereocenters. The molecule has 0 saturated carbocycles. The molecule has 0 aliphatic carbocycles. The van der Waals surface area contributed by atoms with E-state index in [0.717, 1.165) is 12.2 Å². The number of nitrogens with one attached hydrogen (secondary N) is 1. The molecule has 3 heteroatoms. The molecule has 14 heavy (non-hydrogen) atoms. The van der Waals surface area contributed by atoms with Gasteiger partial charge in [-0.3, -0.25) is 4.79 Å². The summed E-state index contributed by atoms with van der Waals surface area (Å²) < 4.78 is 5.29. The van der Waals surface area contributed by atoms with E-state index >= 15 is 0 Å². The summed E-state index contributed by atoms with van der Waals surface area (Å²) in [5, 5.41) is 2.90. The van der Waals surface area contributed by atoms with Crippen LogP contribution < -0.4 is 5.32 Å². The Bertz CT molecular complexity index is 328. The Morgan fingerprint density at radius 2 is 2.21 bits per heavy atom. The number of rotatable bonds is 3. The Morgan fingerprint density at radius 1 is 1.57 bits per heavy atom. The van der Waals surface area contributed by atoms with Crippen molar-refractivity contribution in [3.8, 4) is 0 Å². The highest BCUT2D eigenvalue weighted by molar-refractivity contribution is 5.95. The van der Waals surface area contributed by atoms with E-state index in [1.807, 2.05) is 20.8 Å². The average molecular weight is 195 g/mol. The molecule has 0 radical (unpaired) electrons. The van der Waals surface area contributed by atoms with Gasteiger partial charge in [0.1, 0.15) is 11.5 Å². The van der Waals surface area contributed by atoms with Gasteiger partial charge < -0.3 is 9.73 Å². The molecular formula is C11H17NO2. The molecule has 0 aliphatic heterocycles. The van der Waals surface area contributed by atoms with Crippen molar-refractivity contribution in [2.75, 3.05) is 0 Å². The van der Waals surface area contributed by atoms with Crippen LogP contribution in [0.4, 0.5) is 0 Å². The Labute approximate surface area is 84.5 Å². The van der Waals surface area contributed by atoms with Crippen molar-refractivity contribution in [2.45, 2.75) is 40.2 Å². The fourth-order valence-electron chi connectivity index (χ4n) is 1.26. The van der Waals surface area contributed by atoms with Gasteiger partial charge in [0.15, 0.2) is 0 Å². The van der Waals surface area contributed by atoms with E-state index < -0.39 is 0 Å². The molecule has 0 aromatic carbocycles. The van der Waals surface area contributed by atoms with Crippen molar-refractivity contribution < 1.29 is 9.21 Å². The van der Waals surface area contributed by atoms with Gasteiger partial charge in [-0.1, -0.05) is 6.92 Å². The quantitative estimate of drug-likeness (QED) is 0.804. The molecule has 78 valence electrons. The van der Waals surface area contributed by atoms with E-state index in [4.69, 9.17) is 4.42 Å². The van der Waals surface area contributed by atoms with Crippen LogP contribution in [0.2, 0.25) is 0 Å². The lowest BCUT2D eigenvalue weighted by molar-refractivity contribution is 0.0938. The van der Waals surface area contributed by atoms with E-state index in [2.05, 4.69) is 5.32 Å². The highest BCUT2D eigenvalue weighted by Gasteiger charge is 2.14. The van der Waals surface area contributed by atoms with Gasteiger partial charge in [0, 0.05) is 6.04 Å². The maximum absolute atomic E-state index is 11.7. The van der Waals surface area contributed by atoms with Gasteiger partial charge in [-0.05, 0) is 33.3 Å². The summed E-state index contributed by atoms with van der Waals surface area (Å²) in [4.78, 5) is 11.7. The van der Waals surface area contributed by atoms with Crippen molar-refractivity contribution in [2.24, 2.45) is 0 Å². The van der Waals surface area contributed by atoms with Gasteiger partial charge in [-0.2, -0.15) is 0 Å². The second-order valence-electron chi connectivity index (χ2n) is 3.61. The molecule has 0 fully saturated rings. The van der Waals surface area contributed by atoms with Crippen LogP contribution in [0.15, 0.2) is 10.5 Å². The Balaban J connectivity index is 2.74. The number of carbonyl (C=O) groups is 1. The lowest BCUT2D eigenvalue weighted by Crippen LogP contribution is -2.31. The van der Waals surface area contributed by atoms with E-state index in [-0.39, 0.29) is 11.9 Å². The van der Waals surface area contributed by atoms with Gasteiger partial charge in [-0.25, -0.2) is 0 Å². The summed E-state index contributed by atoms with van der Waals surface area (Å²) in [5.74, 6) is 1.41. The molecule has 0 spiro atoms. The third kappa shape index (κ3) is 2.37. The molecule has 0 bridgehead atoms. The molecule has 1 aromatic heterocycles. The molecule has 1 heterocycles. The fraction of sp³-hybridized carbons (Fsp3) is 0.545. The minimum Gasteiger partial charge on any atom is -0.466 e. The minimum absolute atomic E-state index is 0.0475. The van der Waals surface area contributed by atoms with Gasteiger partial charge in [0.05, 0.1) is 5.56 Å². The van der Waals surface area contributed by atoms with Crippen LogP contribution >= 0.6 is 0 Å². The van der Waals surface area contributed by atoms with Crippen LogP contribution in [-0.2, 0) is 0 Å². The third-order valence-electron chi connectivity index (χ3n) is 2.28. The first-order chi connectivity index (χ1) is 6.54. The molecule has 3 nitrogen and oxygen atoms in total. The normalized spacial score (nSPS) is 12.6. The van der Waals surface area contributed by atoms with Crippen LogP contribution in [0.3, 0.4) is 0 Å². The second kappa shape index (κ2) is 4.31. The number of hydrogen-bond acceptors (Lipinski definition) is 2. The summed E-state index contributed by atoms with van der Waals surface area (Å²) in [6.45, 7) is 7.67. The monoisotopic (exact) mass is 195 g/mol. The second-order valence-corrected chi connectivity index (χ2v) is 3.61. The number of amides is 1. The Morgan fingerprint density at radius 3 is 2.64 bits per heavy atom. The molecule has 0 aliphatic rings. The topological polar surface area (TPSA) is 42.2 Å². The first kappa shape index (κ1) is 10.8. The first-order valence-corrected chi connectivity index (χ1v) is 4.92. The molecule has 1 rings (SSSR count). The zero-order valence-corrected chi connectivity index (χ0v) is 9.18. The van der Waals surface area contributed by atoms with E-state index in [1.165, 1.54) is 0 Å². The van der Waals surface area contributed by atoms with Crippen molar-refractivity contribution in [3.05, 3.63) is 23.2 Å². The predicted octanol–water partition coefficient (Wildman–Crippen LogP) is 2.42. The molecule has 0 saturated heterocycles. The molecular weight excluding hydrogens is 178 g/mol. The summed E-state index contributed by atoms with van der Waals surface area (Å²) in [6, 6.07) is 1.98. The summed E-state index contributed by atoms with van der Waals surface area (Å²) in [7, 11) is 0. The summed E-state index contributed by atoms with van der Waals surface area (Å²) in [5.41, 5.74) is 0.641. The third-order valence-corrected chi connectivity index (χ3v) is 2.28. The van der Waals surface area contributed by atoms with Crippen LogP contribution in [0.25, 0.3) is 0 Å². The van der Waals surface area contributed by atoms with Crippen molar-refractivity contribution in [1.82, 2.24) is 5.32 Å². The lowest BCUT2D eigenvalue weighted by atomic mass is 10.2. The van der Waals surface area contributed by atoms with Gasteiger partial charge in [-0.15, -0.1) is 0 Å². The maximum atomic E-state index is 11.7. The highest BCUT2D eigenvalue weighted by atomic mass is 16.3. The molecule has 1 amide bonds. The molecule has 1 aromatic rings. The Hall–Kier alpha value is -1.25. The zero-order chi connectivity index (χ0) is 10.7. The van der Waals surface area contributed by atoms with Crippen LogP contribution in [0.5, 0.6) is 0 Å². The number of furan rings is 1. The van der Waals surface area contributed by atoms with Crippen molar-refractivity contribution >= 4 is 5.91 Å². The molecule has 1 atom stereocenters. The van der Waals surface area contributed by atoms with Crippen LogP contribution in [-0.4, -0.2) is 11.9 Å². The average Bonchev–Trinajstić information content (AvgIpc) is 2.45. The minimum atomic E-state index is -0.0475. The lowest BCUT2D eigenvalue weighted by Gasteiger charge is -2.10. The zero-order valence-electron chi connectivity index (χ0n) is 9.18. The first-order valence-electron chi connectivity index (χ1n) is 4.92. The van der Waals surface area contributed by atoms with Gasteiger partial charge in [0.2, 0.25) is 0 Å². The number of carbonyl (C=O) groups excluding carboxylic acids is 1. The largest absolute Gasteiger partial charge is 0.466 e. The summed E-state index contributed by atoms with van der Waals surface area (Å²) >= 11 is 0. The highest BCUT2D eigenvalue weighted by Crippen LogP contribution is 2.13. The summed E-state index contributed by atoms with van der Waals surface area (Å²) in [6.07, 6.45) is 0.932. The fourth-order valence-corrected chi connectivity index (χ4v) is 1.26. The van der Waals surface area contributed by atoms with E-state index in [1.54, 1.807) is 13.0 Å². The SMILES string of the molecule is CCC(C)NC(=O)c1cc(C)oc1C.